The van der Waals surface area contributed by atoms with Gasteiger partial charge in [0.15, 0.2) is 0 Å². The van der Waals surface area contributed by atoms with Crippen molar-refractivity contribution in [3.8, 4) is 11.1 Å². The third-order valence-corrected chi connectivity index (χ3v) is 4.74. The predicted molar refractivity (Wildman–Crippen MR) is 109 cm³/mol. The van der Waals surface area contributed by atoms with E-state index in [2.05, 4.69) is 11.4 Å². The van der Waals surface area contributed by atoms with E-state index in [-0.39, 0.29) is 0 Å². The lowest BCUT2D eigenvalue weighted by Crippen LogP contribution is -2.00. The second-order valence-corrected chi connectivity index (χ2v) is 7.08. The summed E-state index contributed by atoms with van der Waals surface area (Å²) in [5.41, 5.74) is 4.72. The molecule has 1 N–H and O–H groups in total. The van der Waals surface area contributed by atoms with Crippen molar-refractivity contribution in [3.05, 3.63) is 80.9 Å². The van der Waals surface area contributed by atoms with Gasteiger partial charge in [-0.2, -0.15) is 0 Å². The van der Waals surface area contributed by atoms with E-state index < -0.39 is 5.63 Å². The number of aryl methyl sites for hydroxylation is 3. The van der Waals surface area contributed by atoms with E-state index in [1.807, 2.05) is 38.1 Å². The van der Waals surface area contributed by atoms with E-state index in [1.54, 1.807) is 25.1 Å². The summed E-state index contributed by atoms with van der Waals surface area (Å²) in [5.74, 6) is 0.999. The minimum atomic E-state index is -0.424. The Morgan fingerprint density at radius 2 is 1.67 bits per heavy atom. The van der Waals surface area contributed by atoms with E-state index in [1.165, 1.54) is 5.56 Å². The van der Waals surface area contributed by atoms with Gasteiger partial charge in [-0.3, -0.25) is 0 Å². The second kappa shape index (κ2) is 6.63. The van der Waals surface area contributed by atoms with E-state index in [9.17, 15) is 4.79 Å². The van der Waals surface area contributed by atoms with Crippen molar-refractivity contribution in [1.29, 1.82) is 0 Å². The lowest BCUT2D eigenvalue weighted by Gasteiger charge is -2.10. The van der Waals surface area contributed by atoms with Gasteiger partial charge < -0.3 is 14.2 Å². The average molecular weight is 380 g/mol. The van der Waals surface area contributed by atoms with E-state index in [0.717, 1.165) is 16.8 Å². The van der Waals surface area contributed by atoms with E-state index in [0.29, 0.717) is 33.2 Å². The van der Waals surface area contributed by atoms with Gasteiger partial charge >= 0.3 is 5.63 Å². The molecule has 0 aliphatic heterocycles. The number of halogens is 1. The summed E-state index contributed by atoms with van der Waals surface area (Å²) in [5, 5.41) is 4.37. The Kier molecular flexibility index (Phi) is 4.28. The minimum absolute atomic E-state index is 0.412. The summed E-state index contributed by atoms with van der Waals surface area (Å²) >= 11 is 6.03. The molecule has 27 heavy (non-hydrogen) atoms. The van der Waals surface area contributed by atoms with Crippen LogP contribution in [0.25, 0.3) is 22.1 Å². The Balaban J connectivity index is 1.96. The van der Waals surface area contributed by atoms with Crippen LogP contribution in [0.15, 0.2) is 62.2 Å². The van der Waals surface area contributed by atoms with Crippen molar-refractivity contribution < 1.29 is 8.83 Å². The Morgan fingerprint density at radius 1 is 0.926 bits per heavy atom. The number of benzene rings is 2. The molecule has 2 aromatic heterocycles. The second-order valence-electron chi connectivity index (χ2n) is 6.64. The maximum absolute atomic E-state index is 12.6. The van der Waals surface area contributed by atoms with E-state index >= 15 is 0 Å². The SMILES string of the molecule is Cc1ccc(Nc2oc3cc(C)oc(=O)c3c2-c2ccc(Cl)cc2)c(C)c1. The van der Waals surface area contributed by atoms with Crippen molar-refractivity contribution in [2.24, 2.45) is 0 Å². The minimum Gasteiger partial charge on any atom is -0.439 e. The predicted octanol–water partition coefficient (Wildman–Crippen LogP) is 6.38. The number of furan rings is 1. The molecule has 0 saturated heterocycles. The molecule has 4 aromatic rings. The molecule has 136 valence electrons. The van der Waals surface area contributed by atoms with Gasteiger partial charge in [0.25, 0.3) is 0 Å². The van der Waals surface area contributed by atoms with Crippen LogP contribution in [0, 0.1) is 20.8 Å². The van der Waals surface area contributed by atoms with Crippen LogP contribution in [0.4, 0.5) is 11.6 Å². The van der Waals surface area contributed by atoms with Gasteiger partial charge in [-0.25, -0.2) is 4.79 Å². The van der Waals surface area contributed by atoms with Crippen molar-refractivity contribution in [2.75, 3.05) is 5.32 Å². The first-order valence-corrected chi connectivity index (χ1v) is 8.97. The molecular weight excluding hydrogens is 362 g/mol. The summed E-state index contributed by atoms with van der Waals surface area (Å²) in [7, 11) is 0. The van der Waals surface area contributed by atoms with Gasteiger partial charge in [-0.1, -0.05) is 41.4 Å². The highest BCUT2D eigenvalue weighted by molar-refractivity contribution is 6.30. The summed E-state index contributed by atoms with van der Waals surface area (Å²) < 4.78 is 11.3. The van der Waals surface area contributed by atoms with Crippen molar-refractivity contribution in [2.45, 2.75) is 20.8 Å². The molecule has 0 fully saturated rings. The van der Waals surface area contributed by atoms with Crippen LogP contribution in [0.5, 0.6) is 0 Å². The van der Waals surface area contributed by atoms with Crippen molar-refractivity contribution >= 4 is 34.1 Å². The molecule has 5 heteroatoms. The molecule has 0 saturated carbocycles. The maximum atomic E-state index is 12.6. The fourth-order valence-corrected chi connectivity index (χ4v) is 3.35. The van der Waals surface area contributed by atoms with Gasteiger partial charge in [-0.05, 0) is 50.1 Å². The first-order chi connectivity index (χ1) is 12.9. The van der Waals surface area contributed by atoms with Gasteiger partial charge in [0.1, 0.15) is 16.7 Å². The molecule has 2 heterocycles. The van der Waals surface area contributed by atoms with Crippen LogP contribution in [0.1, 0.15) is 16.9 Å². The molecule has 0 amide bonds. The molecule has 4 rings (SSSR count). The molecule has 0 radical (unpaired) electrons. The fraction of sp³-hybridized carbons (Fsp3) is 0.136. The molecule has 0 atom stereocenters. The smallest absolute Gasteiger partial charge is 0.347 e. The monoisotopic (exact) mass is 379 g/mol. The first kappa shape index (κ1) is 17.4. The fourth-order valence-electron chi connectivity index (χ4n) is 3.22. The molecule has 2 aromatic carbocycles. The topological polar surface area (TPSA) is 55.4 Å². The Hall–Kier alpha value is -2.98. The Bertz CT molecular complexity index is 1200. The first-order valence-electron chi connectivity index (χ1n) is 8.60. The molecule has 0 spiro atoms. The highest BCUT2D eigenvalue weighted by atomic mass is 35.5. The molecule has 0 aliphatic rings. The zero-order valence-corrected chi connectivity index (χ0v) is 16.0. The quantitative estimate of drug-likeness (QED) is 0.449. The van der Waals surface area contributed by atoms with Crippen molar-refractivity contribution in [3.63, 3.8) is 0 Å². The number of rotatable bonds is 3. The van der Waals surface area contributed by atoms with Crippen LogP contribution in [-0.2, 0) is 0 Å². The summed E-state index contributed by atoms with van der Waals surface area (Å²) in [6.07, 6.45) is 0. The van der Waals surface area contributed by atoms with Gasteiger partial charge in [0.2, 0.25) is 5.88 Å². The zero-order chi connectivity index (χ0) is 19.1. The number of nitrogens with one attached hydrogen (secondary N) is 1. The Morgan fingerprint density at radius 3 is 2.37 bits per heavy atom. The van der Waals surface area contributed by atoms with E-state index in [4.69, 9.17) is 20.4 Å². The Labute approximate surface area is 161 Å². The van der Waals surface area contributed by atoms with Gasteiger partial charge in [0.05, 0.1) is 5.56 Å². The summed E-state index contributed by atoms with van der Waals surface area (Å²) in [4.78, 5) is 12.6. The highest BCUT2D eigenvalue weighted by Crippen LogP contribution is 2.39. The largest absolute Gasteiger partial charge is 0.439 e. The molecule has 0 unspecified atom stereocenters. The van der Waals surface area contributed by atoms with Gasteiger partial charge in [0, 0.05) is 16.8 Å². The lowest BCUT2D eigenvalue weighted by atomic mass is 10.0. The van der Waals surface area contributed by atoms with Crippen molar-refractivity contribution in [1.82, 2.24) is 0 Å². The highest BCUT2D eigenvalue weighted by Gasteiger charge is 2.21. The molecule has 4 nitrogen and oxygen atoms in total. The molecule has 0 bridgehead atoms. The number of fused-ring (bicyclic) bond motifs is 1. The normalized spacial score (nSPS) is 11.1. The van der Waals surface area contributed by atoms with Crippen LogP contribution < -0.4 is 10.9 Å². The number of hydrogen-bond donors (Lipinski definition) is 1. The third-order valence-electron chi connectivity index (χ3n) is 4.49. The summed E-state index contributed by atoms with van der Waals surface area (Å²) in [6.45, 7) is 5.80. The molecular formula is C22H18ClNO3. The summed E-state index contributed by atoms with van der Waals surface area (Å²) in [6, 6.07) is 15.1. The maximum Gasteiger partial charge on any atom is 0.347 e. The zero-order valence-electron chi connectivity index (χ0n) is 15.2. The molecule has 0 aliphatic carbocycles. The van der Waals surface area contributed by atoms with Crippen LogP contribution in [0.3, 0.4) is 0 Å². The third kappa shape index (κ3) is 3.24. The average Bonchev–Trinajstić information content (AvgIpc) is 2.96. The van der Waals surface area contributed by atoms with Gasteiger partial charge in [-0.15, -0.1) is 0 Å². The van der Waals surface area contributed by atoms with Crippen LogP contribution >= 0.6 is 11.6 Å². The number of anilines is 2. The van der Waals surface area contributed by atoms with Crippen LogP contribution in [0.2, 0.25) is 5.02 Å². The van der Waals surface area contributed by atoms with Crippen LogP contribution in [-0.4, -0.2) is 0 Å². The standard InChI is InChI=1S/C22H18ClNO3/c1-12-4-9-17(13(2)10-12)24-21-19(15-5-7-16(23)8-6-15)20-18(27-21)11-14(3)26-22(20)25/h4-11,24H,1-3H3. The lowest BCUT2D eigenvalue weighted by molar-refractivity contribution is 0.485. The number of hydrogen-bond acceptors (Lipinski definition) is 4.